The lowest BCUT2D eigenvalue weighted by Gasteiger charge is -2.43. The van der Waals surface area contributed by atoms with Crippen LogP contribution in [0.15, 0.2) is 60.7 Å². The van der Waals surface area contributed by atoms with E-state index in [1.54, 1.807) is 0 Å². The van der Waals surface area contributed by atoms with Gasteiger partial charge in [-0.25, -0.2) is 0 Å². The first kappa shape index (κ1) is 29.8. The SMILES string of the molecule is O=C(N[C@H](Cc1ccccc1)C1(O)CCCCC1)C1(C(=O)N[C@H](Cc2ccccc2)C2(O)CCCCC2)CCCC1. The highest BCUT2D eigenvalue weighted by molar-refractivity contribution is 6.05. The molecule has 41 heavy (non-hydrogen) atoms. The molecule has 5 rings (SSSR count). The summed E-state index contributed by atoms with van der Waals surface area (Å²) in [5, 5.41) is 30.0. The minimum Gasteiger partial charge on any atom is -0.388 e. The van der Waals surface area contributed by atoms with Gasteiger partial charge in [-0.05, 0) is 62.5 Å². The van der Waals surface area contributed by atoms with Crippen LogP contribution in [0.3, 0.4) is 0 Å². The van der Waals surface area contributed by atoms with Gasteiger partial charge in [0.05, 0.1) is 23.3 Å². The van der Waals surface area contributed by atoms with Gasteiger partial charge in [0.2, 0.25) is 11.8 Å². The van der Waals surface area contributed by atoms with E-state index in [2.05, 4.69) is 10.6 Å². The van der Waals surface area contributed by atoms with Crippen molar-refractivity contribution in [3.8, 4) is 0 Å². The molecule has 3 aliphatic rings. The third-order valence-electron chi connectivity index (χ3n) is 10.2. The van der Waals surface area contributed by atoms with Crippen molar-refractivity contribution in [3.63, 3.8) is 0 Å². The lowest BCUT2D eigenvalue weighted by molar-refractivity contribution is -0.147. The average molecular weight is 561 g/mol. The molecule has 0 spiro atoms. The lowest BCUT2D eigenvalue weighted by Crippen LogP contribution is -2.62. The molecular weight excluding hydrogens is 512 g/mol. The fraction of sp³-hybridized carbons (Fsp3) is 0.600. The number of hydrogen-bond acceptors (Lipinski definition) is 4. The Kier molecular flexibility index (Phi) is 9.50. The quantitative estimate of drug-likeness (QED) is 0.293. The molecule has 3 saturated carbocycles. The maximum atomic E-state index is 14.2. The second-order valence-electron chi connectivity index (χ2n) is 13.0. The van der Waals surface area contributed by atoms with Crippen LogP contribution in [0.25, 0.3) is 0 Å². The van der Waals surface area contributed by atoms with Gasteiger partial charge in [-0.1, -0.05) is 112 Å². The Morgan fingerprint density at radius 2 is 0.902 bits per heavy atom. The predicted molar refractivity (Wildman–Crippen MR) is 161 cm³/mol. The summed E-state index contributed by atoms with van der Waals surface area (Å²) in [6.07, 6.45) is 12.1. The van der Waals surface area contributed by atoms with Crippen LogP contribution in [0, 0.1) is 5.41 Å². The van der Waals surface area contributed by atoms with Crippen LogP contribution in [0.1, 0.15) is 101 Å². The first-order chi connectivity index (χ1) is 19.8. The Labute approximate surface area is 245 Å². The van der Waals surface area contributed by atoms with Crippen LogP contribution in [-0.2, 0) is 22.4 Å². The van der Waals surface area contributed by atoms with Crippen molar-refractivity contribution < 1.29 is 19.8 Å². The first-order valence-corrected chi connectivity index (χ1v) is 16.0. The number of amides is 2. The van der Waals surface area contributed by atoms with E-state index in [-0.39, 0.29) is 11.8 Å². The van der Waals surface area contributed by atoms with Crippen molar-refractivity contribution in [2.45, 2.75) is 126 Å². The summed E-state index contributed by atoms with van der Waals surface area (Å²) in [5.41, 5.74) is -1.06. The molecule has 0 aromatic heterocycles. The second kappa shape index (κ2) is 13.1. The highest BCUT2D eigenvalue weighted by Crippen LogP contribution is 2.41. The number of nitrogens with one attached hydrogen (secondary N) is 2. The fourth-order valence-corrected chi connectivity index (χ4v) is 7.60. The summed E-state index contributed by atoms with van der Waals surface area (Å²) < 4.78 is 0. The summed E-state index contributed by atoms with van der Waals surface area (Å²) in [5.74, 6) is -0.553. The molecular formula is C35H48N2O4. The van der Waals surface area contributed by atoms with Gasteiger partial charge in [0.25, 0.3) is 0 Å². The van der Waals surface area contributed by atoms with E-state index in [1.807, 2.05) is 60.7 Å². The maximum absolute atomic E-state index is 14.2. The third kappa shape index (κ3) is 6.86. The van der Waals surface area contributed by atoms with Crippen molar-refractivity contribution >= 4 is 11.8 Å². The van der Waals surface area contributed by atoms with E-state index in [0.29, 0.717) is 51.4 Å². The van der Waals surface area contributed by atoms with Gasteiger partial charge in [-0.15, -0.1) is 0 Å². The summed E-state index contributed by atoms with van der Waals surface area (Å²) in [4.78, 5) is 28.5. The monoisotopic (exact) mass is 560 g/mol. The van der Waals surface area contributed by atoms with Crippen molar-refractivity contribution in [2.75, 3.05) is 0 Å². The molecule has 6 nitrogen and oxygen atoms in total. The normalized spacial score (nSPS) is 22.8. The van der Waals surface area contributed by atoms with E-state index >= 15 is 0 Å². The Bertz CT molecular complexity index is 1050. The standard InChI is InChI=1S/C35H48N2O4/c38-31(36-29(25-27-15-5-1-6-16-27)34(40)21-9-3-10-22-34)33(19-13-14-20-33)32(39)37-30(26-28-17-7-2-8-18-28)35(41)23-11-4-12-24-35/h1-2,5-8,15-18,29-30,40-41H,3-4,9-14,19-26H2,(H,36,38)(H,37,39)/t29-,30-/m1/s1. The molecule has 222 valence electrons. The van der Waals surface area contributed by atoms with Crippen molar-refractivity contribution in [3.05, 3.63) is 71.8 Å². The zero-order valence-electron chi connectivity index (χ0n) is 24.5. The van der Waals surface area contributed by atoms with Crippen LogP contribution in [0.5, 0.6) is 0 Å². The summed E-state index contributed by atoms with van der Waals surface area (Å²) >= 11 is 0. The topological polar surface area (TPSA) is 98.7 Å². The zero-order chi connectivity index (χ0) is 28.8. The van der Waals surface area contributed by atoms with Crippen LogP contribution >= 0.6 is 0 Å². The molecule has 2 aromatic carbocycles. The minimum absolute atomic E-state index is 0.276. The summed E-state index contributed by atoms with van der Waals surface area (Å²) in [7, 11) is 0. The second-order valence-corrected chi connectivity index (χ2v) is 13.0. The van der Waals surface area contributed by atoms with Gasteiger partial charge < -0.3 is 20.8 Å². The third-order valence-corrected chi connectivity index (χ3v) is 10.2. The van der Waals surface area contributed by atoms with E-state index in [0.717, 1.165) is 62.5 Å². The molecule has 0 unspecified atom stereocenters. The molecule has 3 aliphatic carbocycles. The average Bonchev–Trinajstić information content (AvgIpc) is 3.50. The number of rotatable bonds is 10. The number of aliphatic hydroxyl groups is 2. The smallest absolute Gasteiger partial charge is 0.236 e. The summed E-state index contributed by atoms with van der Waals surface area (Å²) in [6, 6.07) is 19.0. The largest absolute Gasteiger partial charge is 0.388 e. The molecule has 2 atom stereocenters. The van der Waals surface area contributed by atoms with Crippen molar-refractivity contribution in [2.24, 2.45) is 5.41 Å². The molecule has 2 amide bonds. The Hall–Kier alpha value is -2.70. The molecule has 0 radical (unpaired) electrons. The van der Waals surface area contributed by atoms with E-state index < -0.39 is 28.7 Å². The molecule has 0 aliphatic heterocycles. The van der Waals surface area contributed by atoms with Crippen LogP contribution in [0.4, 0.5) is 0 Å². The molecule has 4 N–H and O–H groups in total. The molecule has 0 heterocycles. The van der Waals surface area contributed by atoms with E-state index in [4.69, 9.17) is 0 Å². The van der Waals surface area contributed by atoms with Gasteiger partial charge >= 0.3 is 0 Å². The molecule has 0 bridgehead atoms. The highest BCUT2D eigenvalue weighted by atomic mass is 16.3. The maximum Gasteiger partial charge on any atom is 0.236 e. The number of benzene rings is 2. The number of carbonyl (C=O) groups is 2. The zero-order valence-corrected chi connectivity index (χ0v) is 24.5. The Balaban J connectivity index is 1.39. The van der Waals surface area contributed by atoms with E-state index in [9.17, 15) is 19.8 Å². The summed E-state index contributed by atoms with van der Waals surface area (Å²) in [6.45, 7) is 0. The lowest BCUT2D eigenvalue weighted by atomic mass is 9.75. The van der Waals surface area contributed by atoms with Gasteiger partial charge in [0, 0.05) is 0 Å². The Morgan fingerprint density at radius 1 is 0.561 bits per heavy atom. The van der Waals surface area contributed by atoms with Crippen molar-refractivity contribution in [1.29, 1.82) is 0 Å². The van der Waals surface area contributed by atoms with E-state index in [1.165, 1.54) is 0 Å². The van der Waals surface area contributed by atoms with Crippen LogP contribution in [-0.4, -0.2) is 45.3 Å². The fourth-order valence-electron chi connectivity index (χ4n) is 7.60. The minimum atomic E-state index is -1.19. The number of hydrogen-bond donors (Lipinski definition) is 4. The van der Waals surface area contributed by atoms with Crippen LogP contribution in [0.2, 0.25) is 0 Å². The van der Waals surface area contributed by atoms with Gasteiger partial charge in [-0.3, -0.25) is 9.59 Å². The molecule has 6 heteroatoms. The van der Waals surface area contributed by atoms with Crippen molar-refractivity contribution in [1.82, 2.24) is 10.6 Å². The van der Waals surface area contributed by atoms with Gasteiger partial charge in [0.1, 0.15) is 5.41 Å². The van der Waals surface area contributed by atoms with Gasteiger partial charge in [0.15, 0.2) is 0 Å². The molecule has 0 saturated heterocycles. The highest BCUT2D eigenvalue weighted by Gasteiger charge is 2.52. The molecule has 2 aromatic rings. The Morgan fingerprint density at radius 3 is 1.27 bits per heavy atom. The first-order valence-electron chi connectivity index (χ1n) is 16.0. The molecule has 3 fully saturated rings. The predicted octanol–water partition coefficient (Wildman–Crippen LogP) is 5.39. The number of carbonyl (C=O) groups excluding carboxylic acids is 2. The van der Waals surface area contributed by atoms with Crippen LogP contribution < -0.4 is 10.6 Å². The van der Waals surface area contributed by atoms with Gasteiger partial charge in [-0.2, -0.15) is 0 Å².